The zero-order valence-corrected chi connectivity index (χ0v) is 19.5. The van der Waals surface area contributed by atoms with Gasteiger partial charge in [0.25, 0.3) is 0 Å². The predicted octanol–water partition coefficient (Wildman–Crippen LogP) is 3.79. The minimum atomic E-state index is -0.461. The quantitative estimate of drug-likeness (QED) is 0.587. The van der Waals surface area contributed by atoms with Crippen molar-refractivity contribution in [3.05, 3.63) is 59.5 Å². The van der Waals surface area contributed by atoms with Crippen molar-refractivity contribution in [3.63, 3.8) is 0 Å². The Labute approximate surface area is 202 Å². The van der Waals surface area contributed by atoms with Gasteiger partial charge in [0, 0.05) is 47.7 Å². The van der Waals surface area contributed by atoms with Crippen LogP contribution in [0.15, 0.2) is 42.5 Å². The van der Waals surface area contributed by atoms with Crippen molar-refractivity contribution in [2.75, 3.05) is 45.3 Å². The molecule has 0 bridgehead atoms. The predicted molar refractivity (Wildman–Crippen MR) is 128 cm³/mol. The number of methoxy groups -OCH3 is 1. The number of rotatable bonds is 2. The van der Waals surface area contributed by atoms with Gasteiger partial charge in [-0.05, 0) is 42.7 Å². The summed E-state index contributed by atoms with van der Waals surface area (Å²) in [5.41, 5.74) is 3.07. The van der Waals surface area contributed by atoms with Crippen LogP contribution in [0, 0.1) is 5.82 Å². The number of hydrogen-bond acceptors (Lipinski definition) is 4. The first-order chi connectivity index (χ1) is 17.0. The van der Waals surface area contributed by atoms with Gasteiger partial charge in [0.15, 0.2) is 0 Å². The molecule has 3 amide bonds. The van der Waals surface area contributed by atoms with Crippen LogP contribution in [0.25, 0.3) is 10.9 Å². The summed E-state index contributed by atoms with van der Waals surface area (Å²) >= 11 is 0. The highest BCUT2D eigenvalue weighted by atomic mass is 19.1. The summed E-state index contributed by atoms with van der Waals surface area (Å²) in [6.07, 6.45) is 1.39. The van der Waals surface area contributed by atoms with E-state index in [1.54, 1.807) is 30.2 Å². The third-order valence-electron chi connectivity index (χ3n) is 7.69. The number of nitrogens with one attached hydrogen (secondary N) is 2. The largest absolute Gasteiger partial charge is 0.497 e. The van der Waals surface area contributed by atoms with Crippen LogP contribution in [-0.4, -0.2) is 66.7 Å². The van der Waals surface area contributed by atoms with E-state index in [9.17, 15) is 14.0 Å². The van der Waals surface area contributed by atoms with E-state index in [4.69, 9.17) is 9.47 Å². The number of carbonyl (C=O) groups is 2. The van der Waals surface area contributed by atoms with Crippen LogP contribution < -0.4 is 10.1 Å². The Kier molecular flexibility index (Phi) is 5.17. The summed E-state index contributed by atoms with van der Waals surface area (Å²) < 4.78 is 25.1. The third kappa shape index (κ3) is 3.53. The Morgan fingerprint density at radius 2 is 2.03 bits per heavy atom. The van der Waals surface area contributed by atoms with Crippen molar-refractivity contribution in [3.8, 4) is 5.75 Å². The van der Waals surface area contributed by atoms with Gasteiger partial charge < -0.3 is 29.6 Å². The van der Waals surface area contributed by atoms with E-state index in [1.165, 1.54) is 11.6 Å². The maximum atomic E-state index is 14.0. The summed E-state index contributed by atoms with van der Waals surface area (Å²) in [5, 5.41) is 3.80. The van der Waals surface area contributed by atoms with Gasteiger partial charge in [0.1, 0.15) is 18.2 Å². The minimum Gasteiger partial charge on any atom is -0.497 e. The molecule has 2 aromatic carbocycles. The molecule has 9 heteroatoms. The molecule has 3 aromatic rings. The molecule has 1 atom stereocenters. The lowest BCUT2D eigenvalue weighted by molar-refractivity contribution is -0.152. The minimum absolute atomic E-state index is 0.0118. The van der Waals surface area contributed by atoms with Crippen molar-refractivity contribution in [2.24, 2.45) is 0 Å². The standard InChI is InChI=1S/C26H27FN4O4/c1-34-16-6-7-17-20(12-16)28-24-21-13-35-14-22(32)31(21)15-26(23(17)24)8-10-30(11-9-26)25(33)29-19-5-3-2-4-18(19)27/h2-7,12,21,28H,8-11,13-15H2,1H3,(H,29,33)/t21-/m1/s1. The van der Waals surface area contributed by atoms with Crippen molar-refractivity contribution in [1.82, 2.24) is 14.8 Å². The number of H-pyrrole nitrogens is 1. The first kappa shape index (κ1) is 21.9. The summed E-state index contributed by atoms with van der Waals surface area (Å²) in [7, 11) is 1.64. The highest BCUT2D eigenvalue weighted by Gasteiger charge is 2.50. The van der Waals surface area contributed by atoms with Crippen LogP contribution in [0.5, 0.6) is 5.75 Å². The van der Waals surface area contributed by atoms with Gasteiger partial charge in [-0.25, -0.2) is 9.18 Å². The number of likely N-dealkylation sites (tertiary alicyclic amines) is 1. The molecule has 6 rings (SSSR count). The van der Waals surface area contributed by atoms with E-state index < -0.39 is 5.82 Å². The van der Waals surface area contributed by atoms with Gasteiger partial charge >= 0.3 is 6.03 Å². The number of anilines is 1. The molecular formula is C26H27FN4O4. The van der Waals surface area contributed by atoms with Crippen molar-refractivity contribution in [1.29, 1.82) is 0 Å². The second-order valence-corrected chi connectivity index (χ2v) is 9.56. The average Bonchev–Trinajstić information content (AvgIpc) is 3.27. The number of aromatic amines is 1. The van der Waals surface area contributed by atoms with Crippen LogP contribution in [0.2, 0.25) is 0 Å². The second-order valence-electron chi connectivity index (χ2n) is 9.56. The molecular weight excluding hydrogens is 451 g/mol. The van der Waals surface area contributed by atoms with Crippen LogP contribution in [0.4, 0.5) is 14.9 Å². The van der Waals surface area contributed by atoms with Gasteiger partial charge in [-0.15, -0.1) is 0 Å². The highest BCUT2D eigenvalue weighted by Crippen LogP contribution is 2.49. The molecule has 3 aliphatic rings. The first-order valence-electron chi connectivity index (χ1n) is 11.9. The molecule has 0 unspecified atom stereocenters. The molecule has 35 heavy (non-hydrogen) atoms. The lowest BCUT2D eigenvalue weighted by Crippen LogP contribution is -2.58. The normalized spacial score (nSPS) is 21.1. The van der Waals surface area contributed by atoms with Crippen molar-refractivity contribution < 1.29 is 23.5 Å². The van der Waals surface area contributed by atoms with E-state index in [0.717, 1.165) is 22.3 Å². The number of urea groups is 1. The molecule has 182 valence electrons. The number of nitrogens with zero attached hydrogens (tertiary/aromatic N) is 2. The summed E-state index contributed by atoms with van der Waals surface area (Å²) in [6, 6.07) is 11.7. The molecule has 4 heterocycles. The third-order valence-corrected chi connectivity index (χ3v) is 7.69. The van der Waals surface area contributed by atoms with E-state index >= 15 is 0 Å². The maximum Gasteiger partial charge on any atom is 0.321 e. The lowest BCUT2D eigenvalue weighted by Gasteiger charge is -2.51. The Balaban J connectivity index is 1.33. The van der Waals surface area contributed by atoms with Crippen LogP contribution in [0.3, 0.4) is 0 Å². The number of morpholine rings is 1. The summed E-state index contributed by atoms with van der Waals surface area (Å²) in [5.74, 6) is 0.289. The van der Waals surface area contributed by atoms with Crippen molar-refractivity contribution >= 4 is 28.5 Å². The molecule has 2 N–H and O–H groups in total. The fraction of sp³-hybridized carbons (Fsp3) is 0.385. The number of ether oxygens (including phenoxy) is 2. The Morgan fingerprint density at radius 1 is 1.23 bits per heavy atom. The SMILES string of the molecule is COc1ccc2c3c([nH]c2c1)[C@H]1COCC(=O)N1CC31CCN(C(=O)Nc2ccccc2F)CC1. The number of carbonyl (C=O) groups excluding carboxylic acids is 2. The monoisotopic (exact) mass is 478 g/mol. The first-order valence-corrected chi connectivity index (χ1v) is 11.9. The number of halogens is 1. The molecule has 1 spiro atoms. The lowest BCUT2D eigenvalue weighted by atomic mass is 9.68. The van der Waals surface area contributed by atoms with Crippen molar-refractivity contribution in [2.45, 2.75) is 24.3 Å². The molecule has 1 aromatic heterocycles. The Hall–Kier alpha value is -3.59. The fourth-order valence-electron chi connectivity index (χ4n) is 5.90. The smallest absolute Gasteiger partial charge is 0.321 e. The zero-order valence-electron chi connectivity index (χ0n) is 19.5. The molecule has 3 aliphatic heterocycles. The van der Waals surface area contributed by atoms with Gasteiger partial charge in [-0.1, -0.05) is 12.1 Å². The number of benzene rings is 2. The number of aromatic nitrogens is 1. The molecule has 0 radical (unpaired) electrons. The number of piperidine rings is 1. The number of para-hydroxylation sites is 1. The van der Waals surface area contributed by atoms with E-state index in [-0.39, 0.29) is 35.7 Å². The number of fused-ring (bicyclic) bond motifs is 6. The molecule has 2 saturated heterocycles. The number of amides is 3. The maximum absolute atomic E-state index is 14.0. The van der Waals surface area contributed by atoms with Crippen LogP contribution >= 0.6 is 0 Å². The van der Waals surface area contributed by atoms with Gasteiger partial charge in [0.05, 0.1) is 25.4 Å². The zero-order chi connectivity index (χ0) is 24.2. The van der Waals surface area contributed by atoms with E-state index in [0.29, 0.717) is 39.1 Å². The molecule has 0 aliphatic carbocycles. The van der Waals surface area contributed by atoms with Gasteiger partial charge in [-0.3, -0.25) is 4.79 Å². The molecule has 2 fully saturated rings. The second kappa shape index (κ2) is 8.27. The van der Waals surface area contributed by atoms with Crippen LogP contribution in [-0.2, 0) is 14.9 Å². The van der Waals surface area contributed by atoms with Crippen LogP contribution in [0.1, 0.15) is 30.1 Å². The van der Waals surface area contributed by atoms with Gasteiger partial charge in [0.2, 0.25) is 5.91 Å². The van der Waals surface area contributed by atoms with E-state index in [2.05, 4.69) is 16.4 Å². The Morgan fingerprint density at radius 3 is 2.80 bits per heavy atom. The topological polar surface area (TPSA) is 86.9 Å². The average molecular weight is 479 g/mol. The van der Waals surface area contributed by atoms with Gasteiger partial charge in [-0.2, -0.15) is 0 Å². The molecule has 8 nitrogen and oxygen atoms in total. The summed E-state index contributed by atoms with van der Waals surface area (Å²) in [6.45, 7) is 2.15. The number of hydrogen-bond donors (Lipinski definition) is 2. The molecule has 0 saturated carbocycles. The highest BCUT2D eigenvalue weighted by molar-refractivity contribution is 5.91. The van der Waals surface area contributed by atoms with E-state index in [1.807, 2.05) is 17.0 Å². The fourth-order valence-corrected chi connectivity index (χ4v) is 5.90. The Bertz CT molecular complexity index is 1310. The summed E-state index contributed by atoms with van der Waals surface area (Å²) in [4.78, 5) is 33.0.